The second-order valence-corrected chi connectivity index (χ2v) is 5.18. The molecule has 4 heteroatoms. The van der Waals surface area contributed by atoms with E-state index < -0.39 is 5.97 Å². The molecule has 0 saturated carbocycles. The molecule has 0 amide bonds. The maximum Gasteiger partial charge on any atom is 0.338 e. The Morgan fingerprint density at radius 1 is 0.917 bits per heavy atom. The quantitative estimate of drug-likeness (QED) is 0.528. The summed E-state index contributed by atoms with van der Waals surface area (Å²) < 4.78 is 10.8. The molecule has 0 spiro atoms. The lowest BCUT2D eigenvalue weighted by Gasteiger charge is -2.08. The van der Waals surface area contributed by atoms with E-state index >= 15 is 0 Å². The number of fused-ring (bicyclic) bond motifs is 1. The molecule has 0 heterocycles. The van der Waals surface area contributed by atoms with Crippen molar-refractivity contribution in [3.8, 4) is 11.8 Å². The molecule has 0 saturated heterocycles. The van der Waals surface area contributed by atoms with Gasteiger partial charge >= 0.3 is 5.97 Å². The summed E-state index contributed by atoms with van der Waals surface area (Å²) in [6.45, 7) is 0.437. The first kappa shape index (κ1) is 15.6. The van der Waals surface area contributed by atoms with E-state index in [1.54, 1.807) is 24.3 Å². The molecule has 4 nitrogen and oxygen atoms in total. The van der Waals surface area contributed by atoms with Crippen molar-refractivity contribution in [3.63, 3.8) is 0 Å². The van der Waals surface area contributed by atoms with E-state index in [-0.39, 0.29) is 13.2 Å². The minimum atomic E-state index is -0.429. The Bertz CT molecular complexity index is 895. The molecule has 0 N–H and O–H groups in total. The molecule has 0 bridgehead atoms. The van der Waals surface area contributed by atoms with Crippen LogP contribution in [0.15, 0.2) is 66.7 Å². The van der Waals surface area contributed by atoms with Gasteiger partial charge in [-0.15, -0.1) is 0 Å². The molecule has 3 rings (SSSR count). The monoisotopic (exact) mass is 317 g/mol. The Labute approximate surface area is 139 Å². The Morgan fingerprint density at radius 3 is 2.42 bits per heavy atom. The third kappa shape index (κ3) is 3.71. The molecule has 118 valence electrons. The van der Waals surface area contributed by atoms with Crippen LogP contribution in [0.4, 0.5) is 0 Å². The van der Waals surface area contributed by atoms with Crippen molar-refractivity contribution in [2.75, 3.05) is 13.2 Å². The van der Waals surface area contributed by atoms with Crippen LogP contribution >= 0.6 is 0 Å². The van der Waals surface area contributed by atoms with Crippen molar-refractivity contribution in [2.24, 2.45) is 0 Å². The molecule has 0 aromatic heterocycles. The van der Waals surface area contributed by atoms with E-state index in [2.05, 4.69) is 0 Å². The third-order valence-electron chi connectivity index (χ3n) is 3.56. The van der Waals surface area contributed by atoms with Crippen LogP contribution in [0.2, 0.25) is 0 Å². The van der Waals surface area contributed by atoms with Gasteiger partial charge < -0.3 is 9.47 Å². The fourth-order valence-electron chi connectivity index (χ4n) is 2.32. The highest BCUT2D eigenvalue weighted by atomic mass is 16.6. The zero-order chi connectivity index (χ0) is 16.8. The second-order valence-electron chi connectivity index (χ2n) is 5.18. The minimum Gasteiger partial charge on any atom is -0.490 e. The van der Waals surface area contributed by atoms with E-state index in [1.807, 2.05) is 48.5 Å². The van der Waals surface area contributed by atoms with Crippen molar-refractivity contribution in [1.82, 2.24) is 0 Å². The van der Waals surface area contributed by atoms with Gasteiger partial charge in [0.05, 0.1) is 17.2 Å². The van der Waals surface area contributed by atoms with Gasteiger partial charge in [0.2, 0.25) is 0 Å². The Hall–Kier alpha value is -3.32. The number of hydrogen-bond donors (Lipinski definition) is 0. The molecule has 3 aromatic rings. The predicted molar refractivity (Wildman–Crippen MR) is 90.9 cm³/mol. The zero-order valence-corrected chi connectivity index (χ0v) is 12.9. The largest absolute Gasteiger partial charge is 0.490 e. The van der Waals surface area contributed by atoms with Gasteiger partial charge in [-0.25, -0.2) is 4.79 Å². The van der Waals surface area contributed by atoms with Gasteiger partial charge in [-0.05, 0) is 47.2 Å². The summed E-state index contributed by atoms with van der Waals surface area (Å²) in [5.74, 6) is 0.310. The summed E-state index contributed by atoms with van der Waals surface area (Å²) in [6, 6.07) is 22.2. The summed E-state index contributed by atoms with van der Waals surface area (Å²) in [4.78, 5) is 11.9. The van der Waals surface area contributed by atoms with Crippen molar-refractivity contribution in [1.29, 1.82) is 5.26 Å². The zero-order valence-electron chi connectivity index (χ0n) is 12.9. The molecule has 0 aliphatic rings. The van der Waals surface area contributed by atoms with Crippen LogP contribution in [0, 0.1) is 11.3 Å². The molecule has 0 aliphatic carbocycles. The average molecular weight is 317 g/mol. The highest BCUT2D eigenvalue weighted by Crippen LogP contribution is 2.20. The van der Waals surface area contributed by atoms with E-state index in [1.165, 1.54) is 0 Å². The molecule has 0 radical (unpaired) electrons. The summed E-state index contributed by atoms with van der Waals surface area (Å²) in [6.07, 6.45) is 0. The number of nitrogens with zero attached hydrogens (tertiary/aromatic N) is 1. The molecule has 0 atom stereocenters. The number of rotatable bonds is 5. The fraction of sp³-hybridized carbons (Fsp3) is 0.100. The van der Waals surface area contributed by atoms with Crippen LogP contribution in [0.25, 0.3) is 10.8 Å². The summed E-state index contributed by atoms with van der Waals surface area (Å²) >= 11 is 0. The van der Waals surface area contributed by atoms with Gasteiger partial charge in [0.25, 0.3) is 0 Å². The van der Waals surface area contributed by atoms with E-state index in [9.17, 15) is 4.79 Å². The van der Waals surface area contributed by atoms with E-state index in [0.29, 0.717) is 11.1 Å². The number of ether oxygens (including phenoxy) is 2. The Morgan fingerprint density at radius 2 is 1.67 bits per heavy atom. The topological polar surface area (TPSA) is 59.3 Å². The number of esters is 1. The van der Waals surface area contributed by atoms with Gasteiger partial charge in [0, 0.05) is 0 Å². The predicted octanol–water partition coefficient (Wildman–Crippen LogP) is 3.95. The normalized spacial score (nSPS) is 10.1. The van der Waals surface area contributed by atoms with Gasteiger partial charge in [-0.2, -0.15) is 5.26 Å². The van der Waals surface area contributed by atoms with Crippen LogP contribution in [-0.2, 0) is 4.74 Å². The standard InChI is InChI=1S/C20H15NO3/c21-14-15-5-7-17(8-6-15)20(22)24-12-11-23-19-10-9-16-3-1-2-4-18(16)13-19/h1-10,13H,11-12H2. The smallest absolute Gasteiger partial charge is 0.338 e. The molecule has 0 unspecified atom stereocenters. The van der Waals surface area contributed by atoms with Crippen molar-refractivity contribution in [3.05, 3.63) is 77.9 Å². The van der Waals surface area contributed by atoms with Crippen LogP contribution in [0.3, 0.4) is 0 Å². The first-order chi connectivity index (χ1) is 11.8. The number of carbonyl (C=O) groups excluding carboxylic acids is 1. The number of benzene rings is 3. The van der Waals surface area contributed by atoms with Crippen molar-refractivity contribution in [2.45, 2.75) is 0 Å². The summed E-state index contributed by atoms with van der Waals surface area (Å²) in [7, 11) is 0. The van der Waals surface area contributed by atoms with Gasteiger partial charge in [0.1, 0.15) is 19.0 Å². The highest BCUT2D eigenvalue weighted by molar-refractivity contribution is 5.89. The molecule has 0 fully saturated rings. The maximum absolute atomic E-state index is 11.9. The Balaban J connectivity index is 1.50. The summed E-state index contributed by atoms with van der Waals surface area (Å²) in [5, 5.41) is 11.0. The first-order valence-corrected chi connectivity index (χ1v) is 7.55. The van der Waals surface area contributed by atoms with Crippen LogP contribution < -0.4 is 4.74 Å². The first-order valence-electron chi connectivity index (χ1n) is 7.55. The lowest BCUT2D eigenvalue weighted by atomic mass is 10.1. The average Bonchev–Trinajstić information content (AvgIpc) is 2.65. The maximum atomic E-state index is 11.9. The van der Waals surface area contributed by atoms with Crippen molar-refractivity contribution < 1.29 is 14.3 Å². The van der Waals surface area contributed by atoms with Crippen LogP contribution in [-0.4, -0.2) is 19.2 Å². The van der Waals surface area contributed by atoms with Crippen molar-refractivity contribution >= 4 is 16.7 Å². The number of carbonyl (C=O) groups is 1. The molecular formula is C20H15NO3. The van der Waals surface area contributed by atoms with Gasteiger partial charge in [-0.1, -0.05) is 30.3 Å². The van der Waals surface area contributed by atoms with Gasteiger partial charge in [-0.3, -0.25) is 0 Å². The molecule has 0 aliphatic heterocycles. The molecular weight excluding hydrogens is 302 g/mol. The van der Waals surface area contributed by atoms with Crippen LogP contribution in [0.5, 0.6) is 5.75 Å². The highest BCUT2D eigenvalue weighted by Gasteiger charge is 2.07. The van der Waals surface area contributed by atoms with Gasteiger partial charge in [0.15, 0.2) is 0 Å². The fourth-order valence-corrected chi connectivity index (χ4v) is 2.32. The SMILES string of the molecule is N#Cc1ccc(C(=O)OCCOc2ccc3ccccc3c2)cc1. The lowest BCUT2D eigenvalue weighted by molar-refractivity contribution is 0.0450. The second kappa shape index (κ2) is 7.30. The molecule has 3 aromatic carbocycles. The third-order valence-corrected chi connectivity index (χ3v) is 3.56. The van der Waals surface area contributed by atoms with E-state index in [0.717, 1.165) is 16.5 Å². The minimum absolute atomic E-state index is 0.158. The van der Waals surface area contributed by atoms with E-state index in [4.69, 9.17) is 14.7 Å². The summed E-state index contributed by atoms with van der Waals surface area (Å²) in [5.41, 5.74) is 0.922. The van der Waals surface area contributed by atoms with Crippen LogP contribution in [0.1, 0.15) is 15.9 Å². The lowest BCUT2D eigenvalue weighted by Crippen LogP contribution is -2.12. The number of nitriles is 1. The number of hydrogen-bond acceptors (Lipinski definition) is 4. The molecule has 24 heavy (non-hydrogen) atoms. The Kier molecular flexibility index (Phi) is 4.73.